The number of carbonyl (C=O) groups excluding carboxylic acids is 3. The number of para-hydroxylation sites is 2. The van der Waals surface area contributed by atoms with Crippen LogP contribution in [0, 0.1) is 0 Å². The number of esters is 1. The zero-order valence-electron chi connectivity index (χ0n) is 15.3. The Kier molecular flexibility index (Phi) is 4.90. The van der Waals surface area contributed by atoms with Crippen molar-refractivity contribution < 1.29 is 23.9 Å². The summed E-state index contributed by atoms with van der Waals surface area (Å²) in [5, 5.41) is 0.478. The first-order valence-corrected chi connectivity index (χ1v) is 9.26. The largest absolute Gasteiger partial charge is 0.462 e. The van der Waals surface area contributed by atoms with E-state index in [0.717, 1.165) is 0 Å². The van der Waals surface area contributed by atoms with Crippen molar-refractivity contribution in [2.24, 2.45) is 4.99 Å². The fraction of sp³-hybridized carbons (Fsp3) is 0.143. The van der Waals surface area contributed by atoms with Crippen LogP contribution in [-0.4, -0.2) is 30.1 Å². The summed E-state index contributed by atoms with van der Waals surface area (Å²) in [6.45, 7) is 1.84. The van der Waals surface area contributed by atoms with E-state index in [1.165, 1.54) is 17.0 Å². The normalized spacial score (nSPS) is 16.4. The van der Waals surface area contributed by atoms with Crippen LogP contribution in [0.3, 0.4) is 0 Å². The van der Waals surface area contributed by atoms with Gasteiger partial charge in [-0.05, 0) is 43.3 Å². The van der Waals surface area contributed by atoms with Crippen LogP contribution < -0.4 is 9.64 Å². The Morgan fingerprint density at radius 1 is 1.17 bits per heavy atom. The van der Waals surface area contributed by atoms with Crippen LogP contribution in [0.1, 0.15) is 23.7 Å². The summed E-state index contributed by atoms with van der Waals surface area (Å²) in [5.41, 5.74) is 0.809. The maximum atomic E-state index is 13.1. The number of nitrogens with zero attached hydrogens (tertiary/aromatic N) is 2. The number of hydrogen-bond donors (Lipinski definition) is 0. The highest BCUT2D eigenvalue weighted by atomic mass is 35.5. The molecule has 29 heavy (non-hydrogen) atoms. The minimum absolute atomic E-state index is 0.0722. The van der Waals surface area contributed by atoms with Crippen LogP contribution in [0.15, 0.2) is 65.0 Å². The Morgan fingerprint density at radius 3 is 2.62 bits per heavy atom. The standard InChI is InChI=1S/C21H15ClN2O5/c1-2-28-21(27)14-11-15(23-18(25)12-7-9-13(22)10-8-12)19(26)24-16-5-3-4-6-17(16)29-20(14)24/h3-10H,2,11H2,1H3. The molecule has 0 N–H and O–H groups in total. The third-order valence-electron chi connectivity index (χ3n) is 4.42. The van der Waals surface area contributed by atoms with Gasteiger partial charge in [-0.25, -0.2) is 14.7 Å². The highest BCUT2D eigenvalue weighted by Gasteiger charge is 2.43. The minimum atomic E-state index is -0.626. The van der Waals surface area contributed by atoms with Gasteiger partial charge in [-0.15, -0.1) is 0 Å². The van der Waals surface area contributed by atoms with Gasteiger partial charge in [0.1, 0.15) is 11.3 Å². The lowest BCUT2D eigenvalue weighted by atomic mass is 10.0. The van der Waals surface area contributed by atoms with Crippen molar-refractivity contribution in [1.82, 2.24) is 0 Å². The predicted molar refractivity (Wildman–Crippen MR) is 106 cm³/mol. The minimum Gasteiger partial charge on any atom is -0.462 e. The van der Waals surface area contributed by atoms with Crippen molar-refractivity contribution in [2.45, 2.75) is 13.3 Å². The molecule has 2 aliphatic heterocycles. The summed E-state index contributed by atoms with van der Waals surface area (Å²) in [4.78, 5) is 43.3. The summed E-state index contributed by atoms with van der Waals surface area (Å²) >= 11 is 5.84. The molecule has 0 unspecified atom stereocenters. The van der Waals surface area contributed by atoms with E-state index in [1.54, 1.807) is 43.3 Å². The number of aliphatic imine (C=N–C) groups is 1. The lowest BCUT2D eigenvalue weighted by molar-refractivity contribution is -0.138. The molecule has 2 aromatic rings. The number of rotatable bonds is 3. The molecule has 0 saturated carbocycles. The van der Waals surface area contributed by atoms with E-state index in [-0.39, 0.29) is 35.8 Å². The number of fused-ring (bicyclic) bond motifs is 3. The zero-order chi connectivity index (χ0) is 20.5. The Morgan fingerprint density at radius 2 is 1.90 bits per heavy atom. The van der Waals surface area contributed by atoms with Crippen LogP contribution in [0.25, 0.3) is 0 Å². The van der Waals surface area contributed by atoms with Gasteiger partial charge in [0, 0.05) is 17.0 Å². The van der Waals surface area contributed by atoms with Gasteiger partial charge in [-0.2, -0.15) is 0 Å². The second-order valence-electron chi connectivity index (χ2n) is 6.26. The highest BCUT2D eigenvalue weighted by Crippen LogP contribution is 2.42. The van der Waals surface area contributed by atoms with Crippen LogP contribution in [0.4, 0.5) is 5.69 Å². The zero-order valence-corrected chi connectivity index (χ0v) is 16.1. The van der Waals surface area contributed by atoms with Gasteiger partial charge in [-0.3, -0.25) is 9.59 Å². The molecule has 8 heteroatoms. The molecule has 7 nitrogen and oxygen atoms in total. The number of benzene rings is 2. The summed E-state index contributed by atoms with van der Waals surface area (Å²) < 4.78 is 10.8. The number of hydrogen-bond acceptors (Lipinski definition) is 5. The van der Waals surface area contributed by atoms with Crippen molar-refractivity contribution in [3.63, 3.8) is 0 Å². The first-order valence-electron chi connectivity index (χ1n) is 8.88. The molecule has 0 spiro atoms. The lowest BCUT2D eigenvalue weighted by Gasteiger charge is -2.24. The molecule has 0 aromatic heterocycles. The second-order valence-corrected chi connectivity index (χ2v) is 6.70. The molecule has 0 bridgehead atoms. The third-order valence-corrected chi connectivity index (χ3v) is 4.67. The molecule has 0 radical (unpaired) electrons. The van der Waals surface area contributed by atoms with Crippen molar-refractivity contribution in [1.29, 1.82) is 0 Å². The van der Waals surface area contributed by atoms with Crippen molar-refractivity contribution in [3.05, 3.63) is 70.6 Å². The van der Waals surface area contributed by atoms with Gasteiger partial charge in [-0.1, -0.05) is 23.7 Å². The number of carbonyl (C=O) groups is 3. The van der Waals surface area contributed by atoms with E-state index in [2.05, 4.69) is 4.99 Å². The van der Waals surface area contributed by atoms with Crippen molar-refractivity contribution in [2.75, 3.05) is 11.5 Å². The van der Waals surface area contributed by atoms with E-state index in [4.69, 9.17) is 21.1 Å². The third kappa shape index (κ3) is 3.40. The number of ether oxygens (including phenoxy) is 2. The molecule has 0 aliphatic carbocycles. The lowest BCUT2D eigenvalue weighted by Crippen LogP contribution is -2.41. The molecule has 2 aliphatic rings. The van der Waals surface area contributed by atoms with E-state index in [0.29, 0.717) is 16.5 Å². The SMILES string of the molecule is CCOC(=O)C1=C2Oc3ccccc3N2C(=O)C(=NC(=O)c2ccc(Cl)cc2)C1. The molecular weight excluding hydrogens is 396 g/mol. The molecule has 0 saturated heterocycles. The van der Waals surface area contributed by atoms with Crippen LogP contribution in [0.5, 0.6) is 5.75 Å². The first-order chi connectivity index (χ1) is 14.0. The summed E-state index contributed by atoms with van der Waals surface area (Å²) in [6.07, 6.45) is -0.170. The molecule has 2 amide bonds. The van der Waals surface area contributed by atoms with E-state index in [1.807, 2.05) is 0 Å². The van der Waals surface area contributed by atoms with Crippen LogP contribution in [0.2, 0.25) is 5.02 Å². The van der Waals surface area contributed by atoms with E-state index < -0.39 is 17.8 Å². The van der Waals surface area contributed by atoms with Crippen molar-refractivity contribution >= 4 is 40.8 Å². The van der Waals surface area contributed by atoms with Crippen LogP contribution in [-0.2, 0) is 14.3 Å². The second kappa shape index (κ2) is 7.52. The average molecular weight is 411 g/mol. The monoisotopic (exact) mass is 410 g/mol. The molecule has 2 heterocycles. The van der Waals surface area contributed by atoms with Gasteiger partial charge < -0.3 is 9.47 Å². The summed E-state index contributed by atoms with van der Waals surface area (Å²) in [7, 11) is 0. The number of amides is 2. The van der Waals surface area contributed by atoms with Gasteiger partial charge in [0.05, 0.1) is 12.3 Å². The predicted octanol–water partition coefficient (Wildman–Crippen LogP) is 3.53. The van der Waals surface area contributed by atoms with Crippen molar-refractivity contribution in [3.8, 4) is 5.75 Å². The Labute approximate surface area is 171 Å². The van der Waals surface area contributed by atoms with Gasteiger partial charge in [0.2, 0.25) is 5.88 Å². The Balaban J connectivity index is 1.77. The smallest absolute Gasteiger partial charge is 0.339 e. The fourth-order valence-electron chi connectivity index (χ4n) is 3.08. The molecule has 4 rings (SSSR count). The number of halogens is 1. The van der Waals surface area contributed by atoms with Gasteiger partial charge in [0.25, 0.3) is 11.8 Å². The average Bonchev–Trinajstić information content (AvgIpc) is 3.10. The maximum absolute atomic E-state index is 13.1. The topological polar surface area (TPSA) is 85.3 Å². The molecule has 146 valence electrons. The summed E-state index contributed by atoms with van der Waals surface area (Å²) in [6, 6.07) is 13.0. The van der Waals surface area contributed by atoms with Gasteiger partial charge in [0.15, 0.2) is 5.75 Å². The molecule has 0 atom stereocenters. The Bertz CT molecular complexity index is 1090. The molecule has 0 fully saturated rings. The number of anilines is 1. The van der Waals surface area contributed by atoms with E-state index in [9.17, 15) is 14.4 Å². The molecule has 2 aromatic carbocycles. The fourth-order valence-corrected chi connectivity index (χ4v) is 3.20. The quantitative estimate of drug-likeness (QED) is 0.722. The van der Waals surface area contributed by atoms with Crippen LogP contribution >= 0.6 is 11.6 Å². The Hall–Kier alpha value is -3.45. The summed E-state index contributed by atoms with van der Waals surface area (Å²) in [5.74, 6) is -1.24. The molecular formula is C21H15ClN2O5. The highest BCUT2D eigenvalue weighted by molar-refractivity contribution is 6.48. The maximum Gasteiger partial charge on any atom is 0.339 e. The van der Waals surface area contributed by atoms with Gasteiger partial charge >= 0.3 is 5.97 Å². The first kappa shape index (κ1) is 18.9. The van der Waals surface area contributed by atoms with E-state index >= 15 is 0 Å².